The molecule has 11 heavy (non-hydrogen) atoms. The fourth-order valence-corrected chi connectivity index (χ4v) is 1.51. The first-order valence-electron chi connectivity index (χ1n) is 3.89. The summed E-state index contributed by atoms with van der Waals surface area (Å²) in [5.41, 5.74) is 1.88. The molecule has 0 amide bonds. The van der Waals surface area contributed by atoms with Crippen molar-refractivity contribution >= 4 is 17.7 Å². The van der Waals surface area contributed by atoms with E-state index in [0.717, 1.165) is 17.6 Å². The number of carbonyl (C=O) groups excluding carboxylic acids is 1. The summed E-state index contributed by atoms with van der Waals surface area (Å²) < 4.78 is 0. The molecule has 1 atom stereocenters. The predicted octanol–water partition coefficient (Wildman–Crippen LogP) is 2.44. The second kappa shape index (κ2) is 4.50. The first kappa shape index (κ1) is 10.6. The van der Waals surface area contributed by atoms with Crippen molar-refractivity contribution in [2.75, 3.05) is 0 Å². The van der Waals surface area contributed by atoms with Crippen LogP contribution in [0.4, 0.5) is 0 Å². The van der Waals surface area contributed by atoms with Crippen molar-refractivity contribution in [2.45, 2.75) is 34.1 Å². The SMILES string of the molecule is CCC(C)C(C(=O)[S-])=C(C)C. The van der Waals surface area contributed by atoms with Crippen molar-refractivity contribution in [3.63, 3.8) is 0 Å². The molecule has 0 N–H and O–H groups in total. The molecular formula is C9H15OS-. The molecule has 0 aliphatic heterocycles. The van der Waals surface area contributed by atoms with Crippen molar-refractivity contribution in [2.24, 2.45) is 5.92 Å². The first-order valence-corrected chi connectivity index (χ1v) is 4.30. The van der Waals surface area contributed by atoms with E-state index in [9.17, 15) is 4.79 Å². The molecule has 0 aliphatic rings. The summed E-state index contributed by atoms with van der Waals surface area (Å²) in [5, 5.41) is -0.195. The molecule has 0 fully saturated rings. The fourth-order valence-electron chi connectivity index (χ4n) is 1.10. The Bertz CT molecular complexity index is 178. The normalized spacial score (nSPS) is 12.4. The Morgan fingerprint density at radius 1 is 1.45 bits per heavy atom. The van der Waals surface area contributed by atoms with Crippen LogP contribution in [-0.4, -0.2) is 5.12 Å². The molecule has 0 aromatic rings. The molecule has 2 heteroatoms. The summed E-state index contributed by atoms with van der Waals surface area (Å²) in [4.78, 5) is 10.9. The van der Waals surface area contributed by atoms with Gasteiger partial charge in [-0.2, -0.15) is 0 Å². The molecule has 0 heterocycles. The molecule has 0 aromatic heterocycles. The Morgan fingerprint density at radius 3 is 2.00 bits per heavy atom. The van der Waals surface area contributed by atoms with Crippen LogP contribution in [0.25, 0.3) is 0 Å². The highest BCUT2D eigenvalue weighted by atomic mass is 32.1. The lowest BCUT2D eigenvalue weighted by Gasteiger charge is -2.18. The summed E-state index contributed by atoms with van der Waals surface area (Å²) in [6, 6.07) is 0. The zero-order chi connectivity index (χ0) is 9.02. The van der Waals surface area contributed by atoms with Crippen LogP contribution >= 0.6 is 0 Å². The predicted molar refractivity (Wildman–Crippen MR) is 50.2 cm³/mol. The van der Waals surface area contributed by atoms with Crippen LogP contribution < -0.4 is 0 Å². The standard InChI is InChI=1S/C9H16OS/c1-5-7(4)8(6(2)3)9(10)11/h7H,5H2,1-4H3,(H,10,11)/p-1. The largest absolute Gasteiger partial charge is 0.737 e. The number of hydrogen-bond donors (Lipinski definition) is 0. The van der Waals surface area contributed by atoms with E-state index in [1.54, 1.807) is 0 Å². The van der Waals surface area contributed by atoms with E-state index in [2.05, 4.69) is 19.6 Å². The Hall–Kier alpha value is -0.370. The average molecular weight is 171 g/mol. The fraction of sp³-hybridized carbons (Fsp3) is 0.667. The maximum atomic E-state index is 10.9. The van der Waals surface area contributed by atoms with Crippen LogP contribution in [0.2, 0.25) is 0 Å². The van der Waals surface area contributed by atoms with Crippen molar-refractivity contribution in [3.05, 3.63) is 11.1 Å². The van der Waals surface area contributed by atoms with E-state index in [-0.39, 0.29) is 5.12 Å². The minimum Gasteiger partial charge on any atom is -0.737 e. The number of rotatable bonds is 3. The van der Waals surface area contributed by atoms with Gasteiger partial charge in [-0.3, -0.25) is 0 Å². The van der Waals surface area contributed by atoms with Gasteiger partial charge < -0.3 is 17.4 Å². The van der Waals surface area contributed by atoms with Gasteiger partial charge in [-0.15, -0.1) is 0 Å². The van der Waals surface area contributed by atoms with Crippen LogP contribution in [-0.2, 0) is 17.4 Å². The minimum absolute atomic E-state index is 0.195. The zero-order valence-corrected chi connectivity index (χ0v) is 8.42. The van der Waals surface area contributed by atoms with E-state index in [4.69, 9.17) is 0 Å². The minimum atomic E-state index is -0.195. The van der Waals surface area contributed by atoms with E-state index >= 15 is 0 Å². The summed E-state index contributed by atoms with van der Waals surface area (Å²) in [5.74, 6) is 0.310. The van der Waals surface area contributed by atoms with E-state index in [1.807, 2.05) is 20.8 Å². The van der Waals surface area contributed by atoms with Gasteiger partial charge in [0.1, 0.15) is 0 Å². The van der Waals surface area contributed by atoms with E-state index in [0.29, 0.717) is 5.92 Å². The molecule has 64 valence electrons. The van der Waals surface area contributed by atoms with Crippen LogP contribution in [0.3, 0.4) is 0 Å². The molecule has 0 saturated carbocycles. The zero-order valence-electron chi connectivity index (χ0n) is 7.60. The molecule has 0 saturated heterocycles. The molecule has 0 spiro atoms. The lowest BCUT2D eigenvalue weighted by molar-refractivity contribution is -0.108. The van der Waals surface area contributed by atoms with Gasteiger partial charge in [0.2, 0.25) is 0 Å². The Morgan fingerprint density at radius 2 is 1.91 bits per heavy atom. The molecular weight excluding hydrogens is 156 g/mol. The third-order valence-electron chi connectivity index (χ3n) is 1.86. The van der Waals surface area contributed by atoms with Gasteiger partial charge in [0.25, 0.3) is 0 Å². The molecule has 0 bridgehead atoms. The second-order valence-corrected chi connectivity index (χ2v) is 3.38. The lowest BCUT2D eigenvalue weighted by atomic mass is 9.96. The van der Waals surface area contributed by atoms with Gasteiger partial charge in [-0.25, -0.2) is 0 Å². The summed E-state index contributed by atoms with van der Waals surface area (Å²) in [6.45, 7) is 7.97. The molecule has 0 rings (SSSR count). The van der Waals surface area contributed by atoms with Crippen LogP contribution in [0, 0.1) is 5.92 Å². The smallest absolute Gasteiger partial charge is 0.0383 e. The topological polar surface area (TPSA) is 17.1 Å². The first-order chi connectivity index (χ1) is 5.00. The molecule has 0 aliphatic carbocycles. The van der Waals surface area contributed by atoms with Gasteiger partial charge in [0.15, 0.2) is 0 Å². The Labute approximate surface area is 74.3 Å². The van der Waals surface area contributed by atoms with Crippen molar-refractivity contribution in [1.82, 2.24) is 0 Å². The van der Waals surface area contributed by atoms with Gasteiger partial charge in [-0.05, 0) is 31.8 Å². The van der Waals surface area contributed by atoms with Gasteiger partial charge in [-0.1, -0.05) is 19.4 Å². The molecule has 0 aromatic carbocycles. The number of hydrogen-bond acceptors (Lipinski definition) is 2. The Balaban J connectivity index is 4.63. The summed E-state index contributed by atoms with van der Waals surface area (Å²) in [7, 11) is 0. The van der Waals surface area contributed by atoms with Gasteiger partial charge >= 0.3 is 0 Å². The van der Waals surface area contributed by atoms with Crippen LogP contribution in [0.1, 0.15) is 34.1 Å². The molecule has 1 unspecified atom stereocenters. The van der Waals surface area contributed by atoms with Crippen molar-refractivity contribution < 1.29 is 4.79 Å². The highest BCUT2D eigenvalue weighted by Crippen LogP contribution is 2.18. The van der Waals surface area contributed by atoms with Gasteiger partial charge in [0, 0.05) is 5.12 Å². The summed E-state index contributed by atoms with van der Waals surface area (Å²) >= 11 is 4.62. The third-order valence-corrected chi connectivity index (χ3v) is 2.08. The number of carbonyl (C=O) groups is 1. The number of allylic oxidation sites excluding steroid dienone is 1. The maximum absolute atomic E-state index is 10.9. The van der Waals surface area contributed by atoms with Crippen molar-refractivity contribution in [1.29, 1.82) is 0 Å². The molecule has 0 radical (unpaired) electrons. The lowest BCUT2D eigenvalue weighted by Crippen LogP contribution is -2.08. The monoisotopic (exact) mass is 171 g/mol. The van der Waals surface area contributed by atoms with Gasteiger partial charge in [0.05, 0.1) is 0 Å². The average Bonchev–Trinajstić information content (AvgIpc) is 1.85. The quantitative estimate of drug-likeness (QED) is 0.479. The highest BCUT2D eigenvalue weighted by molar-refractivity contribution is 7.77. The van der Waals surface area contributed by atoms with E-state index < -0.39 is 0 Å². The Kier molecular flexibility index (Phi) is 4.34. The maximum Gasteiger partial charge on any atom is 0.0383 e. The van der Waals surface area contributed by atoms with Crippen LogP contribution in [0.5, 0.6) is 0 Å². The third kappa shape index (κ3) is 3.02. The second-order valence-electron chi connectivity index (χ2n) is 3.01. The van der Waals surface area contributed by atoms with E-state index in [1.165, 1.54) is 0 Å². The van der Waals surface area contributed by atoms with Crippen LogP contribution in [0.15, 0.2) is 11.1 Å². The highest BCUT2D eigenvalue weighted by Gasteiger charge is 2.07. The van der Waals surface area contributed by atoms with Crippen molar-refractivity contribution in [3.8, 4) is 0 Å². The summed E-state index contributed by atoms with van der Waals surface area (Å²) in [6.07, 6.45) is 0.975. The molecule has 1 nitrogen and oxygen atoms in total.